The molecule has 0 spiro atoms. The number of rotatable bonds is 17. The lowest BCUT2D eigenvalue weighted by Gasteiger charge is -2.08. The SMILES string of the molecule is COCCNc1ccc(CCN)cc1.COCCNc1ccc(CCNc2nc(N)n3nc(-c4ccccc4)nc3n2)cc1.CS(=O)(=O)c1nc(N)n2nc(-c3ccccc3)nc2n1. The molecule has 0 saturated heterocycles. The third-order valence-electron chi connectivity index (χ3n) is 9.15. The van der Waals surface area contributed by atoms with E-state index < -0.39 is 9.84 Å². The van der Waals surface area contributed by atoms with Gasteiger partial charge in [0.05, 0.1) is 13.2 Å². The Balaban J connectivity index is 0.000000173. The summed E-state index contributed by atoms with van der Waals surface area (Å²) in [6, 6.07) is 35.6. The van der Waals surface area contributed by atoms with Crippen LogP contribution in [0.3, 0.4) is 0 Å². The van der Waals surface area contributed by atoms with E-state index in [9.17, 15) is 8.42 Å². The van der Waals surface area contributed by atoms with Crippen LogP contribution in [-0.4, -0.2) is 117 Å². The fourth-order valence-electron chi connectivity index (χ4n) is 5.91. The molecule has 334 valence electrons. The summed E-state index contributed by atoms with van der Waals surface area (Å²) < 4.78 is 35.6. The number of methoxy groups -OCH3 is 2. The highest BCUT2D eigenvalue weighted by molar-refractivity contribution is 7.90. The first-order valence-electron chi connectivity index (χ1n) is 20.2. The maximum absolute atomic E-state index is 11.5. The Morgan fingerprint density at radius 1 is 0.562 bits per heavy atom. The number of nitrogen functional groups attached to an aromatic ring is 2. The summed E-state index contributed by atoms with van der Waals surface area (Å²) in [5.74, 6) is 2.07. The highest BCUT2D eigenvalue weighted by atomic mass is 32.2. The van der Waals surface area contributed by atoms with E-state index in [2.05, 4.69) is 105 Å². The molecule has 0 fully saturated rings. The Labute approximate surface area is 370 Å². The quantitative estimate of drug-likeness (QED) is 0.0707. The van der Waals surface area contributed by atoms with Crippen LogP contribution in [-0.2, 0) is 32.2 Å². The fourth-order valence-corrected chi connectivity index (χ4v) is 6.42. The average Bonchev–Trinajstić information content (AvgIpc) is 3.95. The Morgan fingerprint density at radius 3 is 1.50 bits per heavy atom. The van der Waals surface area contributed by atoms with Crippen LogP contribution in [0, 0.1) is 0 Å². The van der Waals surface area contributed by atoms with Crippen molar-refractivity contribution in [2.45, 2.75) is 18.0 Å². The Morgan fingerprint density at radius 2 is 1.03 bits per heavy atom. The van der Waals surface area contributed by atoms with Crippen LogP contribution >= 0.6 is 0 Å². The van der Waals surface area contributed by atoms with Crippen LogP contribution in [0.25, 0.3) is 34.3 Å². The Kier molecular flexibility index (Phi) is 16.4. The summed E-state index contributed by atoms with van der Waals surface area (Å²) in [6.45, 7) is 4.41. The number of hydrogen-bond donors (Lipinski definition) is 6. The number of hydrogen-bond acceptors (Lipinski definition) is 18. The Bertz CT molecular complexity index is 2790. The highest BCUT2D eigenvalue weighted by Crippen LogP contribution is 2.19. The minimum absolute atomic E-state index is 0.0786. The third kappa shape index (κ3) is 13.1. The first-order chi connectivity index (χ1) is 31.0. The molecule has 0 saturated carbocycles. The molecule has 4 aromatic carbocycles. The number of nitrogens with one attached hydrogen (secondary N) is 3. The van der Waals surface area contributed by atoms with Gasteiger partial charge >= 0.3 is 0 Å². The van der Waals surface area contributed by atoms with Crippen LogP contribution in [0.5, 0.6) is 0 Å². The van der Waals surface area contributed by atoms with E-state index in [4.69, 9.17) is 26.7 Å². The van der Waals surface area contributed by atoms with E-state index in [1.165, 1.54) is 20.2 Å². The molecule has 4 heterocycles. The van der Waals surface area contributed by atoms with Gasteiger partial charge in [0.2, 0.25) is 27.7 Å². The summed E-state index contributed by atoms with van der Waals surface area (Å²) in [4.78, 5) is 25.0. The molecule has 0 amide bonds. The molecule has 20 nitrogen and oxygen atoms in total. The molecule has 0 aliphatic rings. The van der Waals surface area contributed by atoms with Crippen LogP contribution in [0.1, 0.15) is 11.1 Å². The fraction of sp³-hybridized carbons (Fsp3) is 0.256. The molecule has 0 unspecified atom stereocenters. The van der Waals surface area contributed by atoms with Crippen molar-refractivity contribution in [3.63, 3.8) is 0 Å². The largest absolute Gasteiger partial charge is 0.383 e. The molecule has 0 bridgehead atoms. The van der Waals surface area contributed by atoms with Gasteiger partial charge in [-0.25, -0.2) is 8.42 Å². The van der Waals surface area contributed by atoms with Crippen molar-refractivity contribution in [2.75, 3.05) is 87.3 Å². The van der Waals surface area contributed by atoms with Crippen LogP contribution in [0.2, 0.25) is 0 Å². The second-order valence-electron chi connectivity index (χ2n) is 14.0. The van der Waals surface area contributed by atoms with E-state index in [0.29, 0.717) is 43.1 Å². The molecule has 0 radical (unpaired) electrons. The van der Waals surface area contributed by atoms with Crippen molar-refractivity contribution in [3.05, 3.63) is 120 Å². The molecular weight excluding hydrogens is 837 g/mol. The monoisotopic (exact) mass is 888 g/mol. The number of fused-ring (bicyclic) bond motifs is 2. The smallest absolute Gasteiger partial charge is 0.259 e. The minimum Gasteiger partial charge on any atom is -0.383 e. The van der Waals surface area contributed by atoms with E-state index >= 15 is 0 Å². The number of aromatic nitrogens is 10. The van der Waals surface area contributed by atoms with Gasteiger partial charge in [0.25, 0.3) is 16.7 Å². The standard InChI is InChI=1S/C21H24N8O.C11H10N6O2S.C11H18N2O/c1-30-14-13-23-17-9-7-15(8-10-17)11-12-24-20-26-19(22)29-21(27-20)25-18(28-29)16-5-3-2-4-6-16;1-20(18,19)11-14-9(12)17-10(15-11)13-8(16-17)7-5-3-2-4-6-7;1-14-9-8-13-11-4-2-10(3-5-11)6-7-12/h2-10,23H,11-14H2,1H3,(H3,22,24,25,26,27,28);2-6H,1H3,(H2,12,13,14,15,16);2-5,13H,6-9,12H2,1H3. The normalized spacial score (nSPS) is 11.1. The van der Waals surface area contributed by atoms with Gasteiger partial charge in [0.15, 0.2) is 11.6 Å². The zero-order valence-corrected chi connectivity index (χ0v) is 36.6. The molecule has 21 heteroatoms. The van der Waals surface area contributed by atoms with Crippen LogP contribution in [0.4, 0.5) is 29.2 Å². The lowest BCUT2D eigenvalue weighted by molar-refractivity contribution is 0.210. The van der Waals surface area contributed by atoms with Crippen molar-refractivity contribution in [1.82, 2.24) is 49.1 Å². The summed E-state index contributed by atoms with van der Waals surface area (Å²) in [7, 11) is -0.162. The van der Waals surface area contributed by atoms with Crippen molar-refractivity contribution >= 4 is 50.6 Å². The van der Waals surface area contributed by atoms with Gasteiger partial charge < -0.3 is 42.6 Å². The van der Waals surface area contributed by atoms with Crippen LogP contribution < -0.4 is 33.2 Å². The molecule has 0 aliphatic heterocycles. The van der Waals surface area contributed by atoms with Gasteiger partial charge in [-0.1, -0.05) is 84.9 Å². The summed E-state index contributed by atoms with van der Waals surface area (Å²) in [6.07, 6.45) is 2.78. The predicted octanol–water partition coefficient (Wildman–Crippen LogP) is 3.90. The van der Waals surface area contributed by atoms with Crippen LogP contribution in [0.15, 0.2) is 114 Å². The maximum Gasteiger partial charge on any atom is 0.259 e. The second kappa shape index (κ2) is 22.7. The minimum atomic E-state index is -3.56. The van der Waals surface area contributed by atoms with Gasteiger partial charge in [-0.05, 0) is 54.8 Å². The first kappa shape index (κ1) is 46.2. The summed E-state index contributed by atoms with van der Waals surface area (Å²) >= 11 is 0. The number of sulfone groups is 1. The van der Waals surface area contributed by atoms with Gasteiger partial charge in [-0.15, -0.1) is 10.2 Å². The molecule has 9 N–H and O–H groups in total. The van der Waals surface area contributed by atoms with E-state index in [1.54, 1.807) is 14.2 Å². The highest BCUT2D eigenvalue weighted by Gasteiger charge is 2.18. The number of nitrogens with two attached hydrogens (primary N) is 3. The number of benzene rings is 4. The number of anilines is 5. The summed E-state index contributed by atoms with van der Waals surface area (Å²) in [5.41, 5.74) is 23.6. The lowest BCUT2D eigenvalue weighted by Crippen LogP contribution is -2.12. The molecule has 64 heavy (non-hydrogen) atoms. The predicted molar refractivity (Wildman–Crippen MR) is 249 cm³/mol. The van der Waals surface area contributed by atoms with Crippen molar-refractivity contribution in [3.8, 4) is 22.8 Å². The van der Waals surface area contributed by atoms with Gasteiger partial charge in [0.1, 0.15) is 0 Å². The Hall–Kier alpha value is -7.33. The molecular formula is C43H52N16O4S. The lowest BCUT2D eigenvalue weighted by atomic mass is 10.1. The van der Waals surface area contributed by atoms with Gasteiger partial charge in [-0.3, -0.25) is 0 Å². The second-order valence-corrected chi connectivity index (χ2v) is 15.9. The van der Waals surface area contributed by atoms with Gasteiger partial charge in [-0.2, -0.15) is 38.9 Å². The van der Waals surface area contributed by atoms with Gasteiger partial charge in [0, 0.05) is 62.6 Å². The molecule has 8 aromatic rings. The molecule has 8 rings (SSSR count). The molecule has 4 aromatic heterocycles. The van der Waals surface area contributed by atoms with E-state index in [-0.39, 0.29) is 22.8 Å². The summed E-state index contributed by atoms with van der Waals surface area (Å²) in [5, 5.41) is 18.0. The maximum atomic E-state index is 11.5. The van der Waals surface area contributed by atoms with Crippen molar-refractivity contribution in [2.24, 2.45) is 5.73 Å². The number of nitrogens with zero attached hydrogens (tertiary/aromatic N) is 10. The first-order valence-corrected chi connectivity index (χ1v) is 22.1. The van der Waals surface area contributed by atoms with E-state index in [0.717, 1.165) is 61.3 Å². The van der Waals surface area contributed by atoms with Crippen molar-refractivity contribution < 1.29 is 17.9 Å². The molecule has 0 aliphatic carbocycles. The third-order valence-corrected chi connectivity index (χ3v) is 10.00. The zero-order chi connectivity index (χ0) is 45.3. The zero-order valence-electron chi connectivity index (χ0n) is 35.8. The molecule has 0 atom stereocenters. The number of ether oxygens (including phenoxy) is 2. The average molecular weight is 889 g/mol. The van der Waals surface area contributed by atoms with Crippen molar-refractivity contribution in [1.29, 1.82) is 0 Å². The topological polar surface area (TPSA) is 279 Å². The van der Waals surface area contributed by atoms with E-state index in [1.807, 2.05) is 60.7 Å².